The van der Waals surface area contributed by atoms with Gasteiger partial charge in [0.05, 0.1) is 0 Å². The fourth-order valence-corrected chi connectivity index (χ4v) is 2.03. The Labute approximate surface area is 86.1 Å². The molecule has 1 amide bonds. The highest BCUT2D eigenvalue weighted by Crippen LogP contribution is 2.31. The molecule has 0 spiro atoms. The molecule has 1 saturated heterocycles. The van der Waals surface area contributed by atoms with Crippen LogP contribution in [0.2, 0.25) is 5.02 Å². The molecular formula is C10H9ClFNO. The third-order valence-electron chi connectivity index (χ3n) is 2.39. The fourth-order valence-electron chi connectivity index (χ4n) is 1.71. The van der Waals surface area contributed by atoms with E-state index < -0.39 is 0 Å². The van der Waals surface area contributed by atoms with E-state index in [-0.39, 0.29) is 17.6 Å². The van der Waals surface area contributed by atoms with Crippen molar-refractivity contribution in [2.45, 2.75) is 12.3 Å². The van der Waals surface area contributed by atoms with Crippen LogP contribution in [0.15, 0.2) is 18.2 Å². The van der Waals surface area contributed by atoms with Crippen molar-refractivity contribution in [2.24, 2.45) is 0 Å². The molecule has 0 saturated carbocycles. The summed E-state index contributed by atoms with van der Waals surface area (Å²) in [5.41, 5.74) is 0.451. The van der Waals surface area contributed by atoms with E-state index in [4.69, 9.17) is 11.6 Å². The first-order valence-electron chi connectivity index (χ1n) is 4.39. The topological polar surface area (TPSA) is 29.1 Å². The summed E-state index contributed by atoms with van der Waals surface area (Å²) in [6.07, 6.45) is 0.320. The zero-order chi connectivity index (χ0) is 10.1. The van der Waals surface area contributed by atoms with E-state index in [2.05, 4.69) is 5.32 Å². The molecule has 2 nitrogen and oxygen atoms in total. The highest BCUT2D eigenvalue weighted by Gasteiger charge is 2.26. The number of rotatable bonds is 1. The summed E-state index contributed by atoms with van der Waals surface area (Å²) in [6.45, 7) is 0.472. The van der Waals surface area contributed by atoms with Gasteiger partial charge in [0.25, 0.3) is 0 Å². The predicted octanol–water partition coefficient (Wildman–Crippen LogP) is 2.08. The molecule has 0 aromatic heterocycles. The maximum absolute atomic E-state index is 13.4. The minimum atomic E-state index is -0.334. The van der Waals surface area contributed by atoms with Crippen molar-refractivity contribution in [3.05, 3.63) is 34.6 Å². The molecule has 1 aromatic rings. The van der Waals surface area contributed by atoms with E-state index in [1.807, 2.05) is 0 Å². The minimum Gasteiger partial charge on any atom is -0.355 e. The van der Waals surface area contributed by atoms with Crippen molar-refractivity contribution < 1.29 is 9.18 Å². The second-order valence-electron chi connectivity index (χ2n) is 3.34. The number of benzene rings is 1. The quantitative estimate of drug-likeness (QED) is 0.761. The number of halogens is 2. The lowest BCUT2D eigenvalue weighted by molar-refractivity contribution is -0.119. The van der Waals surface area contributed by atoms with Gasteiger partial charge in [-0.1, -0.05) is 17.7 Å². The zero-order valence-electron chi connectivity index (χ0n) is 7.39. The lowest BCUT2D eigenvalue weighted by Gasteiger charge is -2.10. The van der Waals surface area contributed by atoms with Crippen LogP contribution in [-0.2, 0) is 4.79 Å². The van der Waals surface area contributed by atoms with Gasteiger partial charge in [-0.15, -0.1) is 0 Å². The van der Waals surface area contributed by atoms with E-state index >= 15 is 0 Å². The van der Waals surface area contributed by atoms with Crippen LogP contribution in [0.3, 0.4) is 0 Å². The van der Waals surface area contributed by atoms with E-state index in [9.17, 15) is 9.18 Å². The first-order valence-corrected chi connectivity index (χ1v) is 4.77. The standard InChI is InChI=1S/C10H9ClFNO/c11-7-2-1-3-8(12)10(7)6-4-9(14)13-5-6/h1-3,6H,4-5H2,(H,13,14)/t6-/m0/s1. The summed E-state index contributed by atoms with van der Waals surface area (Å²) < 4.78 is 13.4. The molecule has 0 radical (unpaired) electrons. The Morgan fingerprint density at radius 1 is 1.50 bits per heavy atom. The van der Waals surface area contributed by atoms with E-state index in [1.165, 1.54) is 6.07 Å². The zero-order valence-corrected chi connectivity index (χ0v) is 8.14. The maximum Gasteiger partial charge on any atom is 0.220 e. The van der Waals surface area contributed by atoms with Gasteiger partial charge in [-0.25, -0.2) is 4.39 Å². The second-order valence-corrected chi connectivity index (χ2v) is 3.75. The van der Waals surface area contributed by atoms with Gasteiger partial charge in [0.2, 0.25) is 5.91 Å². The van der Waals surface area contributed by atoms with Gasteiger partial charge in [-0.3, -0.25) is 4.79 Å². The summed E-state index contributed by atoms with van der Waals surface area (Å²) in [6, 6.07) is 4.57. The van der Waals surface area contributed by atoms with E-state index in [0.717, 1.165) is 0 Å². The van der Waals surface area contributed by atoms with Crippen molar-refractivity contribution in [3.8, 4) is 0 Å². The molecular weight excluding hydrogens is 205 g/mol. The van der Waals surface area contributed by atoms with Gasteiger partial charge in [0.1, 0.15) is 5.82 Å². The number of carbonyl (C=O) groups excluding carboxylic acids is 1. The van der Waals surface area contributed by atoms with Crippen LogP contribution in [0.5, 0.6) is 0 Å². The van der Waals surface area contributed by atoms with Crippen LogP contribution in [0.4, 0.5) is 4.39 Å². The largest absolute Gasteiger partial charge is 0.355 e. The number of carbonyl (C=O) groups is 1. The van der Waals surface area contributed by atoms with Gasteiger partial charge in [-0.05, 0) is 12.1 Å². The van der Waals surface area contributed by atoms with Crippen LogP contribution >= 0.6 is 11.6 Å². The Bertz CT molecular complexity index is 360. The molecule has 1 fully saturated rings. The third-order valence-corrected chi connectivity index (χ3v) is 2.71. The van der Waals surface area contributed by atoms with Gasteiger partial charge in [0.15, 0.2) is 0 Å². The Kier molecular flexibility index (Phi) is 2.42. The number of hydrogen-bond donors (Lipinski definition) is 1. The molecule has 1 N–H and O–H groups in total. The first-order chi connectivity index (χ1) is 6.68. The summed E-state index contributed by atoms with van der Waals surface area (Å²) in [4.78, 5) is 11.0. The number of amides is 1. The van der Waals surface area contributed by atoms with Crippen molar-refractivity contribution in [1.82, 2.24) is 5.32 Å². The molecule has 4 heteroatoms. The molecule has 2 rings (SSSR count). The molecule has 0 aliphatic carbocycles. The Morgan fingerprint density at radius 3 is 2.86 bits per heavy atom. The van der Waals surface area contributed by atoms with Crippen LogP contribution in [-0.4, -0.2) is 12.5 Å². The molecule has 1 heterocycles. The van der Waals surface area contributed by atoms with Crippen molar-refractivity contribution in [1.29, 1.82) is 0 Å². The molecule has 0 bridgehead atoms. The summed E-state index contributed by atoms with van der Waals surface area (Å²) >= 11 is 5.88. The van der Waals surface area contributed by atoms with Crippen LogP contribution in [0, 0.1) is 5.82 Å². The second kappa shape index (κ2) is 3.58. The molecule has 0 unspecified atom stereocenters. The van der Waals surface area contributed by atoms with E-state index in [1.54, 1.807) is 12.1 Å². The molecule has 1 atom stereocenters. The van der Waals surface area contributed by atoms with Crippen molar-refractivity contribution >= 4 is 17.5 Å². The van der Waals surface area contributed by atoms with Crippen molar-refractivity contribution in [3.63, 3.8) is 0 Å². The van der Waals surface area contributed by atoms with Gasteiger partial charge >= 0.3 is 0 Å². The maximum atomic E-state index is 13.4. The van der Waals surface area contributed by atoms with Crippen molar-refractivity contribution in [2.75, 3.05) is 6.54 Å². The summed E-state index contributed by atoms with van der Waals surface area (Å²) in [5.74, 6) is -0.510. The average molecular weight is 214 g/mol. The van der Waals surface area contributed by atoms with Gasteiger partial charge < -0.3 is 5.32 Å². The normalized spacial score (nSPS) is 21.0. The van der Waals surface area contributed by atoms with Crippen LogP contribution < -0.4 is 5.32 Å². The predicted molar refractivity (Wildman–Crippen MR) is 51.8 cm³/mol. The monoisotopic (exact) mass is 213 g/mol. The lowest BCUT2D eigenvalue weighted by Crippen LogP contribution is -2.13. The van der Waals surface area contributed by atoms with Crippen LogP contribution in [0.25, 0.3) is 0 Å². The molecule has 1 aromatic carbocycles. The van der Waals surface area contributed by atoms with Gasteiger partial charge in [-0.2, -0.15) is 0 Å². The Hall–Kier alpha value is -1.09. The SMILES string of the molecule is O=C1C[C@H](c2c(F)cccc2Cl)CN1. The van der Waals surface area contributed by atoms with E-state index in [0.29, 0.717) is 23.6 Å². The number of hydrogen-bond acceptors (Lipinski definition) is 1. The smallest absolute Gasteiger partial charge is 0.220 e. The van der Waals surface area contributed by atoms with Crippen LogP contribution in [0.1, 0.15) is 17.9 Å². The fraction of sp³-hybridized carbons (Fsp3) is 0.300. The highest BCUT2D eigenvalue weighted by molar-refractivity contribution is 6.31. The van der Waals surface area contributed by atoms with Gasteiger partial charge in [0, 0.05) is 29.5 Å². The summed E-state index contributed by atoms with van der Waals surface area (Å²) in [7, 11) is 0. The Balaban J connectivity index is 2.36. The number of nitrogens with one attached hydrogen (secondary N) is 1. The average Bonchev–Trinajstić information content (AvgIpc) is 2.51. The lowest BCUT2D eigenvalue weighted by atomic mass is 9.98. The molecule has 74 valence electrons. The molecule has 14 heavy (non-hydrogen) atoms. The Morgan fingerprint density at radius 2 is 2.29 bits per heavy atom. The minimum absolute atomic E-state index is 0.0469. The first kappa shape index (κ1) is 9.46. The molecule has 1 aliphatic heterocycles. The third kappa shape index (κ3) is 1.60. The molecule has 1 aliphatic rings. The highest BCUT2D eigenvalue weighted by atomic mass is 35.5. The summed E-state index contributed by atoms with van der Waals surface area (Å²) in [5, 5.41) is 3.05.